The number of hydrogen-bond donors (Lipinski definition) is 2. The molecule has 0 atom stereocenters. The van der Waals surface area contributed by atoms with Crippen molar-refractivity contribution in [3.63, 3.8) is 0 Å². The maximum absolute atomic E-state index is 5.29. The Morgan fingerprint density at radius 3 is 2.50 bits per heavy atom. The highest BCUT2D eigenvalue weighted by molar-refractivity contribution is 9.11. The van der Waals surface area contributed by atoms with Crippen LogP contribution in [0.5, 0.6) is 5.75 Å². The van der Waals surface area contributed by atoms with Crippen LogP contribution in [0.2, 0.25) is 0 Å². The summed E-state index contributed by atoms with van der Waals surface area (Å²) in [4.78, 5) is 8.62. The van der Waals surface area contributed by atoms with Crippen molar-refractivity contribution in [3.8, 4) is 5.75 Å². The van der Waals surface area contributed by atoms with Gasteiger partial charge in [0.05, 0.1) is 17.3 Å². The smallest absolute Gasteiger partial charge is 0.224 e. The van der Waals surface area contributed by atoms with Gasteiger partial charge in [0, 0.05) is 29.3 Å². The van der Waals surface area contributed by atoms with Gasteiger partial charge in [0.2, 0.25) is 5.95 Å². The SMILES string of the molecule is CNc1nc(C)cc(Nc2cc(OC)c(Br)cc2Br)n1. The molecule has 106 valence electrons. The van der Waals surface area contributed by atoms with Crippen molar-refractivity contribution in [1.82, 2.24) is 9.97 Å². The summed E-state index contributed by atoms with van der Waals surface area (Å²) in [6, 6.07) is 5.70. The third-order valence-corrected chi connectivity index (χ3v) is 3.86. The van der Waals surface area contributed by atoms with E-state index in [9.17, 15) is 0 Å². The molecule has 1 aromatic carbocycles. The summed E-state index contributed by atoms with van der Waals surface area (Å²) in [5.74, 6) is 2.04. The van der Waals surface area contributed by atoms with Crippen molar-refractivity contribution in [2.24, 2.45) is 0 Å². The molecule has 0 saturated heterocycles. The lowest BCUT2D eigenvalue weighted by molar-refractivity contribution is 0.412. The van der Waals surface area contributed by atoms with E-state index in [2.05, 4.69) is 52.5 Å². The van der Waals surface area contributed by atoms with Gasteiger partial charge in [0.1, 0.15) is 11.6 Å². The molecule has 5 nitrogen and oxygen atoms in total. The molecule has 0 unspecified atom stereocenters. The van der Waals surface area contributed by atoms with Gasteiger partial charge in [-0.05, 0) is 44.8 Å². The minimum atomic E-state index is 0.577. The zero-order valence-electron chi connectivity index (χ0n) is 11.3. The van der Waals surface area contributed by atoms with Crippen LogP contribution in [-0.4, -0.2) is 24.1 Å². The summed E-state index contributed by atoms with van der Waals surface area (Å²) in [6.07, 6.45) is 0. The Kier molecular flexibility index (Phi) is 4.82. The van der Waals surface area contributed by atoms with E-state index in [1.54, 1.807) is 14.2 Å². The molecule has 0 aliphatic carbocycles. The van der Waals surface area contributed by atoms with Crippen molar-refractivity contribution in [1.29, 1.82) is 0 Å². The largest absolute Gasteiger partial charge is 0.495 e. The molecule has 0 aliphatic heterocycles. The molecule has 0 saturated carbocycles. The highest BCUT2D eigenvalue weighted by Gasteiger charge is 2.09. The number of benzene rings is 1. The summed E-state index contributed by atoms with van der Waals surface area (Å²) in [6.45, 7) is 1.92. The van der Waals surface area contributed by atoms with Crippen LogP contribution in [0.4, 0.5) is 17.5 Å². The molecule has 0 aliphatic rings. The average Bonchev–Trinajstić information content (AvgIpc) is 2.41. The highest BCUT2D eigenvalue weighted by atomic mass is 79.9. The van der Waals surface area contributed by atoms with Crippen molar-refractivity contribution in [3.05, 3.63) is 32.8 Å². The van der Waals surface area contributed by atoms with Crippen molar-refractivity contribution < 1.29 is 4.74 Å². The lowest BCUT2D eigenvalue weighted by Crippen LogP contribution is -2.02. The first kappa shape index (κ1) is 15.1. The molecule has 0 spiro atoms. The molecule has 2 aromatic rings. The number of nitrogens with zero attached hydrogens (tertiary/aromatic N) is 2. The van der Waals surface area contributed by atoms with Crippen molar-refractivity contribution in [2.75, 3.05) is 24.8 Å². The molecule has 0 amide bonds. The summed E-state index contributed by atoms with van der Waals surface area (Å²) < 4.78 is 7.09. The maximum atomic E-state index is 5.29. The van der Waals surface area contributed by atoms with Crippen LogP contribution in [0, 0.1) is 6.92 Å². The second kappa shape index (κ2) is 6.41. The predicted molar refractivity (Wildman–Crippen MR) is 88.0 cm³/mol. The Morgan fingerprint density at radius 1 is 1.10 bits per heavy atom. The summed E-state index contributed by atoms with van der Waals surface area (Å²) in [5, 5.41) is 6.18. The molecule has 0 bridgehead atoms. The fourth-order valence-electron chi connectivity index (χ4n) is 1.66. The molecule has 7 heteroatoms. The fourth-order valence-corrected chi connectivity index (χ4v) is 2.92. The maximum Gasteiger partial charge on any atom is 0.224 e. The second-order valence-corrected chi connectivity index (χ2v) is 5.77. The van der Waals surface area contributed by atoms with E-state index in [-0.39, 0.29) is 0 Å². The molecular formula is C13H14Br2N4O. The summed E-state index contributed by atoms with van der Waals surface area (Å²) >= 11 is 6.96. The summed E-state index contributed by atoms with van der Waals surface area (Å²) in [5.41, 5.74) is 1.75. The van der Waals surface area contributed by atoms with Gasteiger partial charge in [-0.1, -0.05) is 0 Å². The molecule has 0 radical (unpaired) electrons. The Hall–Kier alpha value is -1.34. The van der Waals surface area contributed by atoms with E-state index in [0.717, 1.165) is 26.1 Å². The van der Waals surface area contributed by atoms with Gasteiger partial charge in [0.15, 0.2) is 0 Å². The van der Waals surface area contributed by atoms with E-state index >= 15 is 0 Å². The summed E-state index contributed by atoms with van der Waals surface area (Å²) in [7, 11) is 3.42. The number of rotatable bonds is 4. The highest BCUT2D eigenvalue weighted by Crippen LogP contribution is 2.35. The van der Waals surface area contributed by atoms with Crippen LogP contribution in [0.3, 0.4) is 0 Å². The number of nitrogens with one attached hydrogen (secondary N) is 2. The number of aromatic nitrogens is 2. The predicted octanol–water partition coefficient (Wildman–Crippen LogP) is 4.10. The molecule has 0 fully saturated rings. The fraction of sp³-hybridized carbons (Fsp3) is 0.231. The quantitative estimate of drug-likeness (QED) is 0.807. The van der Waals surface area contributed by atoms with Crippen LogP contribution < -0.4 is 15.4 Å². The normalized spacial score (nSPS) is 10.2. The lowest BCUT2D eigenvalue weighted by atomic mass is 10.3. The number of methoxy groups -OCH3 is 1. The third kappa shape index (κ3) is 3.40. The van der Waals surface area contributed by atoms with Crippen molar-refractivity contribution in [2.45, 2.75) is 6.92 Å². The standard InChI is InChI=1S/C13H14Br2N4O/c1-7-4-12(19-13(16-2)17-7)18-10-6-11(20-3)9(15)5-8(10)14/h4-6H,1-3H3,(H2,16,17,18,19). The van der Waals surface area contributed by atoms with Gasteiger partial charge in [-0.25, -0.2) is 4.98 Å². The molecular weight excluding hydrogens is 388 g/mol. The first-order valence-electron chi connectivity index (χ1n) is 5.87. The van der Waals surface area contributed by atoms with Crippen LogP contribution in [-0.2, 0) is 0 Å². The number of hydrogen-bond acceptors (Lipinski definition) is 5. The average molecular weight is 402 g/mol. The molecule has 1 aromatic heterocycles. The van der Waals surface area contributed by atoms with E-state index in [1.807, 2.05) is 25.1 Å². The Balaban J connectivity index is 2.36. The first-order chi connectivity index (χ1) is 9.53. The molecule has 2 rings (SSSR count). The van der Waals surface area contributed by atoms with Gasteiger partial charge in [-0.3, -0.25) is 0 Å². The van der Waals surface area contributed by atoms with Gasteiger partial charge in [0.25, 0.3) is 0 Å². The van der Waals surface area contributed by atoms with E-state index in [0.29, 0.717) is 11.8 Å². The minimum absolute atomic E-state index is 0.577. The second-order valence-electron chi connectivity index (χ2n) is 4.06. The van der Waals surface area contributed by atoms with Crippen LogP contribution in [0.15, 0.2) is 27.1 Å². The van der Waals surface area contributed by atoms with Gasteiger partial charge in [-0.15, -0.1) is 0 Å². The van der Waals surface area contributed by atoms with Crippen LogP contribution >= 0.6 is 31.9 Å². The first-order valence-corrected chi connectivity index (χ1v) is 7.45. The lowest BCUT2D eigenvalue weighted by Gasteiger charge is -2.12. The number of aryl methyl sites for hydroxylation is 1. The monoisotopic (exact) mass is 400 g/mol. The minimum Gasteiger partial charge on any atom is -0.495 e. The topological polar surface area (TPSA) is 59.1 Å². The number of halogens is 2. The Bertz CT molecular complexity index is 634. The zero-order valence-corrected chi connectivity index (χ0v) is 14.5. The van der Waals surface area contributed by atoms with Gasteiger partial charge in [-0.2, -0.15) is 4.98 Å². The van der Waals surface area contributed by atoms with Crippen LogP contribution in [0.1, 0.15) is 5.69 Å². The molecule has 20 heavy (non-hydrogen) atoms. The van der Waals surface area contributed by atoms with E-state index in [1.165, 1.54) is 0 Å². The van der Waals surface area contributed by atoms with E-state index in [4.69, 9.17) is 4.74 Å². The van der Waals surface area contributed by atoms with E-state index < -0.39 is 0 Å². The zero-order chi connectivity index (χ0) is 14.7. The number of ether oxygens (including phenoxy) is 1. The van der Waals surface area contributed by atoms with Gasteiger partial charge >= 0.3 is 0 Å². The Labute approximate surface area is 134 Å². The molecule has 2 N–H and O–H groups in total. The molecule has 1 heterocycles. The third-order valence-electron chi connectivity index (χ3n) is 2.58. The van der Waals surface area contributed by atoms with Crippen molar-refractivity contribution >= 4 is 49.3 Å². The van der Waals surface area contributed by atoms with Gasteiger partial charge < -0.3 is 15.4 Å². The number of anilines is 3. The van der Waals surface area contributed by atoms with Crippen LogP contribution in [0.25, 0.3) is 0 Å². The Morgan fingerprint density at radius 2 is 1.85 bits per heavy atom.